The Bertz CT molecular complexity index is 160. The maximum absolute atomic E-state index is 3.82. The van der Waals surface area contributed by atoms with Gasteiger partial charge in [0.2, 0.25) is 0 Å². The summed E-state index contributed by atoms with van der Waals surface area (Å²) in [5.74, 6) is 0. The van der Waals surface area contributed by atoms with Crippen LogP contribution in [-0.4, -0.2) is 11.5 Å². The molecule has 0 aromatic carbocycles. The summed E-state index contributed by atoms with van der Waals surface area (Å²) in [4.78, 5) is 3.82. The summed E-state index contributed by atoms with van der Waals surface area (Å²) in [6, 6.07) is 3.73. The first-order valence-corrected chi connectivity index (χ1v) is 2.99. The molecule has 1 aromatic heterocycles. The molecular formula is C7H9N2. The Balaban J connectivity index is 2.61. The van der Waals surface area contributed by atoms with E-state index < -0.39 is 0 Å². The van der Waals surface area contributed by atoms with Crippen molar-refractivity contribution in [2.24, 2.45) is 0 Å². The molecule has 0 unspecified atom stereocenters. The van der Waals surface area contributed by atoms with Crippen LogP contribution in [0.4, 0.5) is 5.69 Å². The van der Waals surface area contributed by atoms with Crippen LogP contribution in [-0.2, 0) is 0 Å². The minimum atomic E-state index is 0.936. The predicted octanol–water partition coefficient (Wildman–Crippen LogP) is 1.31. The number of rotatable bonds is 2. The van der Waals surface area contributed by atoms with Gasteiger partial charge in [-0.25, -0.2) is 0 Å². The van der Waals surface area contributed by atoms with E-state index in [-0.39, 0.29) is 0 Å². The molecule has 0 aliphatic heterocycles. The summed E-state index contributed by atoms with van der Waals surface area (Å²) in [5.41, 5.74) is 1.05. The first-order chi connectivity index (χ1) is 4.43. The van der Waals surface area contributed by atoms with Gasteiger partial charge in [0.15, 0.2) is 0 Å². The zero-order valence-corrected chi connectivity index (χ0v) is 5.39. The highest BCUT2D eigenvalue weighted by Gasteiger charge is 1.83. The second-order valence-electron chi connectivity index (χ2n) is 1.71. The molecule has 0 fully saturated rings. The first-order valence-electron chi connectivity index (χ1n) is 2.99. The second kappa shape index (κ2) is 3.07. The molecule has 0 aliphatic carbocycles. The third-order valence-electron chi connectivity index (χ3n) is 0.996. The fraction of sp³-hybridized carbons (Fsp3) is 0.286. The van der Waals surface area contributed by atoms with Gasteiger partial charge >= 0.3 is 0 Å². The molecule has 0 saturated carbocycles. The molecule has 9 heavy (non-hydrogen) atoms. The van der Waals surface area contributed by atoms with Gasteiger partial charge in [-0.2, -0.15) is 0 Å². The van der Waals surface area contributed by atoms with Crippen molar-refractivity contribution in [3.63, 3.8) is 0 Å². The molecule has 47 valence electrons. The molecule has 1 rings (SSSR count). The van der Waals surface area contributed by atoms with Gasteiger partial charge < -0.3 is 5.32 Å². The number of hydrogen-bond acceptors (Lipinski definition) is 2. The molecule has 0 amide bonds. The zero-order valence-electron chi connectivity index (χ0n) is 5.39. The molecule has 0 saturated heterocycles. The number of nitrogens with zero attached hydrogens (tertiary/aromatic N) is 1. The van der Waals surface area contributed by atoms with Crippen molar-refractivity contribution < 1.29 is 0 Å². The van der Waals surface area contributed by atoms with E-state index in [4.69, 9.17) is 0 Å². The third kappa shape index (κ3) is 1.72. The van der Waals surface area contributed by atoms with Crippen LogP contribution in [0.2, 0.25) is 0 Å². The molecule has 0 aliphatic rings. The summed E-state index contributed by atoms with van der Waals surface area (Å²) < 4.78 is 0. The predicted molar refractivity (Wildman–Crippen MR) is 37.2 cm³/mol. The van der Waals surface area contributed by atoms with E-state index in [1.165, 1.54) is 0 Å². The van der Waals surface area contributed by atoms with E-state index in [1.807, 2.05) is 6.07 Å². The normalized spacial score (nSPS) is 9.00. The average molecular weight is 121 g/mol. The lowest BCUT2D eigenvalue weighted by Gasteiger charge is -1.98. The Kier molecular flexibility index (Phi) is 2.07. The van der Waals surface area contributed by atoms with Crippen molar-refractivity contribution in [1.82, 2.24) is 4.98 Å². The highest BCUT2D eigenvalue weighted by Crippen LogP contribution is 1.99. The van der Waals surface area contributed by atoms with Gasteiger partial charge in [-0.05, 0) is 19.1 Å². The quantitative estimate of drug-likeness (QED) is 0.638. The van der Waals surface area contributed by atoms with Crippen LogP contribution in [0.1, 0.15) is 6.92 Å². The SMILES string of the molecule is CCNc1cc[c]nc1. The highest BCUT2D eigenvalue weighted by molar-refractivity contribution is 5.38. The Hall–Kier alpha value is -1.05. The van der Waals surface area contributed by atoms with Crippen LogP contribution in [0.5, 0.6) is 0 Å². The topological polar surface area (TPSA) is 24.9 Å². The molecule has 2 nitrogen and oxygen atoms in total. The van der Waals surface area contributed by atoms with Gasteiger partial charge in [0.25, 0.3) is 0 Å². The van der Waals surface area contributed by atoms with E-state index in [0.29, 0.717) is 0 Å². The maximum Gasteiger partial charge on any atom is 0.0887 e. The molecule has 1 radical (unpaired) electrons. The van der Waals surface area contributed by atoms with E-state index in [0.717, 1.165) is 12.2 Å². The summed E-state index contributed by atoms with van der Waals surface area (Å²) in [5, 5.41) is 3.12. The van der Waals surface area contributed by atoms with Crippen LogP contribution < -0.4 is 5.32 Å². The molecular weight excluding hydrogens is 112 g/mol. The lowest BCUT2D eigenvalue weighted by Crippen LogP contribution is -1.95. The van der Waals surface area contributed by atoms with Crippen molar-refractivity contribution in [3.05, 3.63) is 24.5 Å². The van der Waals surface area contributed by atoms with Crippen LogP contribution in [0.25, 0.3) is 0 Å². The van der Waals surface area contributed by atoms with Crippen molar-refractivity contribution in [1.29, 1.82) is 0 Å². The van der Waals surface area contributed by atoms with E-state index in [2.05, 4.69) is 23.4 Å². The van der Waals surface area contributed by atoms with E-state index >= 15 is 0 Å². The number of nitrogens with one attached hydrogen (secondary N) is 1. The summed E-state index contributed by atoms with van der Waals surface area (Å²) >= 11 is 0. The number of anilines is 1. The van der Waals surface area contributed by atoms with Gasteiger partial charge in [-0.15, -0.1) is 0 Å². The molecule has 1 aromatic rings. The van der Waals surface area contributed by atoms with Gasteiger partial charge in [0, 0.05) is 6.54 Å². The van der Waals surface area contributed by atoms with Gasteiger partial charge in [0.1, 0.15) is 0 Å². The van der Waals surface area contributed by atoms with Gasteiger partial charge in [-0.1, -0.05) is 0 Å². The van der Waals surface area contributed by atoms with Crippen molar-refractivity contribution in [3.8, 4) is 0 Å². The smallest absolute Gasteiger partial charge is 0.0887 e. The Morgan fingerprint density at radius 3 is 3.22 bits per heavy atom. The van der Waals surface area contributed by atoms with Crippen molar-refractivity contribution >= 4 is 5.69 Å². The average Bonchev–Trinajstić information content (AvgIpc) is 1.91. The lowest BCUT2D eigenvalue weighted by molar-refractivity contribution is 1.19. The molecule has 1 N–H and O–H groups in total. The highest BCUT2D eigenvalue weighted by atomic mass is 14.9. The van der Waals surface area contributed by atoms with E-state index in [1.54, 1.807) is 12.3 Å². The number of hydrogen-bond donors (Lipinski definition) is 1. The van der Waals surface area contributed by atoms with Crippen LogP contribution in [0, 0.1) is 6.20 Å². The van der Waals surface area contributed by atoms with E-state index in [9.17, 15) is 0 Å². The number of pyridine rings is 1. The van der Waals surface area contributed by atoms with Crippen molar-refractivity contribution in [2.75, 3.05) is 11.9 Å². The standard InChI is InChI=1S/C7H9N2/c1-2-9-7-4-3-5-8-6-7/h3-4,6,9H,2H2,1H3. The minimum absolute atomic E-state index is 0.936. The fourth-order valence-corrected chi connectivity index (χ4v) is 0.629. The van der Waals surface area contributed by atoms with Gasteiger partial charge in [0.05, 0.1) is 18.1 Å². The van der Waals surface area contributed by atoms with Crippen molar-refractivity contribution in [2.45, 2.75) is 6.92 Å². The Labute approximate surface area is 54.9 Å². The Morgan fingerprint density at radius 1 is 1.78 bits per heavy atom. The maximum atomic E-state index is 3.82. The molecule has 0 bridgehead atoms. The summed E-state index contributed by atoms with van der Waals surface area (Å²) in [7, 11) is 0. The number of aromatic nitrogens is 1. The Morgan fingerprint density at radius 2 is 2.67 bits per heavy atom. The largest absolute Gasteiger partial charge is 0.384 e. The van der Waals surface area contributed by atoms with Gasteiger partial charge in [-0.3, -0.25) is 4.98 Å². The third-order valence-corrected chi connectivity index (χ3v) is 0.996. The summed E-state index contributed by atoms with van der Waals surface area (Å²) in [6.45, 7) is 2.99. The molecule has 2 heteroatoms. The molecule has 0 atom stereocenters. The monoisotopic (exact) mass is 121 g/mol. The molecule has 1 heterocycles. The fourth-order valence-electron chi connectivity index (χ4n) is 0.629. The van der Waals surface area contributed by atoms with Crippen LogP contribution in [0.15, 0.2) is 18.3 Å². The summed E-state index contributed by atoms with van der Waals surface area (Å²) in [6.07, 6.45) is 4.45. The van der Waals surface area contributed by atoms with Crippen LogP contribution in [0.3, 0.4) is 0 Å². The lowest BCUT2D eigenvalue weighted by atomic mass is 10.4. The van der Waals surface area contributed by atoms with Crippen LogP contribution >= 0.6 is 0 Å². The zero-order chi connectivity index (χ0) is 6.53. The first kappa shape index (κ1) is 6.08. The minimum Gasteiger partial charge on any atom is -0.384 e. The molecule has 0 spiro atoms. The second-order valence-corrected chi connectivity index (χ2v) is 1.71.